The summed E-state index contributed by atoms with van der Waals surface area (Å²) in [7, 11) is -3.60. The number of aromatic nitrogens is 1. The summed E-state index contributed by atoms with van der Waals surface area (Å²) in [6.45, 7) is 0. The van der Waals surface area contributed by atoms with Crippen LogP contribution in [-0.2, 0) is 9.84 Å². The van der Waals surface area contributed by atoms with E-state index < -0.39 is 9.84 Å². The van der Waals surface area contributed by atoms with Crippen molar-refractivity contribution in [2.24, 2.45) is 0 Å². The van der Waals surface area contributed by atoms with Crippen LogP contribution in [0.15, 0.2) is 52.9 Å². The number of rotatable bonds is 3. The van der Waals surface area contributed by atoms with Crippen LogP contribution in [0, 0.1) is 0 Å². The fourth-order valence-corrected chi connectivity index (χ4v) is 3.16. The predicted molar refractivity (Wildman–Crippen MR) is 76.9 cm³/mol. The van der Waals surface area contributed by atoms with Crippen LogP contribution < -0.4 is 0 Å². The van der Waals surface area contributed by atoms with E-state index >= 15 is 0 Å². The minimum absolute atomic E-state index is 0.0629. The predicted octanol–water partition coefficient (Wildman–Crippen LogP) is 3.83. The average Bonchev–Trinajstić information content (AvgIpc) is 2.38. The molecule has 0 spiro atoms. The summed E-state index contributed by atoms with van der Waals surface area (Å²) in [5, 5.41) is 1.49. The molecule has 0 atom stereocenters. The first-order valence-electron chi connectivity index (χ1n) is 5.29. The minimum Gasteiger partial charge on any atom is -0.244 e. The van der Waals surface area contributed by atoms with Crippen molar-refractivity contribution in [3.8, 4) is 0 Å². The number of hydrogen-bond donors (Lipinski definition) is 0. The van der Waals surface area contributed by atoms with E-state index in [2.05, 4.69) is 4.98 Å². The Bertz CT molecular complexity index is 727. The summed E-state index contributed by atoms with van der Waals surface area (Å²) >= 11 is 11.7. The van der Waals surface area contributed by atoms with Gasteiger partial charge in [-0.15, -0.1) is 0 Å². The molecule has 3 nitrogen and oxygen atoms in total. The number of hydrogen-bond acceptors (Lipinski definition) is 3. The average molecular weight is 314 g/mol. The van der Waals surface area contributed by atoms with Gasteiger partial charge in [0.1, 0.15) is 5.15 Å². The van der Waals surface area contributed by atoms with Crippen molar-refractivity contribution < 1.29 is 8.42 Å². The van der Waals surface area contributed by atoms with Gasteiger partial charge in [-0.05, 0) is 24.3 Å². The maximum atomic E-state index is 12.1. The minimum atomic E-state index is -3.60. The third kappa shape index (κ3) is 3.35. The zero-order valence-corrected chi connectivity index (χ0v) is 12.0. The lowest BCUT2D eigenvalue weighted by Gasteiger charge is -2.01. The summed E-state index contributed by atoms with van der Waals surface area (Å²) in [6.07, 6.45) is 2.93. The van der Waals surface area contributed by atoms with Gasteiger partial charge >= 0.3 is 0 Å². The van der Waals surface area contributed by atoms with Crippen molar-refractivity contribution >= 4 is 39.1 Å². The Labute approximate surface area is 121 Å². The molecule has 98 valence electrons. The summed E-state index contributed by atoms with van der Waals surface area (Å²) in [6, 6.07) is 9.61. The Morgan fingerprint density at radius 1 is 1.05 bits per heavy atom. The van der Waals surface area contributed by atoms with Crippen LogP contribution in [0.3, 0.4) is 0 Å². The number of benzene rings is 1. The van der Waals surface area contributed by atoms with E-state index in [0.717, 1.165) is 5.41 Å². The van der Waals surface area contributed by atoms with Crippen molar-refractivity contribution in [1.82, 2.24) is 4.98 Å². The first kappa shape index (κ1) is 14.1. The van der Waals surface area contributed by atoms with E-state index in [9.17, 15) is 8.42 Å². The SMILES string of the molecule is O=S(=O)(/C=C\c1cccnc1Cl)c1ccccc1Cl. The molecule has 19 heavy (non-hydrogen) atoms. The largest absolute Gasteiger partial charge is 0.244 e. The van der Waals surface area contributed by atoms with Crippen molar-refractivity contribution in [3.63, 3.8) is 0 Å². The van der Waals surface area contributed by atoms with Gasteiger partial charge in [0.25, 0.3) is 0 Å². The van der Waals surface area contributed by atoms with Gasteiger partial charge in [0.15, 0.2) is 0 Å². The Morgan fingerprint density at radius 2 is 1.79 bits per heavy atom. The second-order valence-corrected chi connectivity index (χ2v) is 6.23. The molecule has 0 N–H and O–H groups in total. The lowest BCUT2D eigenvalue weighted by atomic mass is 10.3. The summed E-state index contributed by atoms with van der Waals surface area (Å²) in [4.78, 5) is 3.93. The summed E-state index contributed by atoms with van der Waals surface area (Å²) in [5.74, 6) is 0. The zero-order chi connectivity index (χ0) is 13.9. The molecule has 0 saturated carbocycles. The Balaban J connectivity index is 2.38. The first-order chi connectivity index (χ1) is 9.00. The highest BCUT2D eigenvalue weighted by molar-refractivity contribution is 7.94. The van der Waals surface area contributed by atoms with Gasteiger partial charge in [-0.2, -0.15) is 0 Å². The molecule has 0 aliphatic rings. The Hall–Kier alpha value is -1.36. The van der Waals surface area contributed by atoms with E-state index in [1.165, 1.54) is 24.4 Å². The fourth-order valence-electron chi connectivity index (χ4n) is 1.43. The smallest absolute Gasteiger partial charge is 0.201 e. The van der Waals surface area contributed by atoms with Crippen LogP contribution >= 0.6 is 23.2 Å². The molecule has 0 radical (unpaired) electrons. The van der Waals surface area contributed by atoms with Crippen LogP contribution in [0.25, 0.3) is 6.08 Å². The van der Waals surface area contributed by atoms with Crippen molar-refractivity contribution in [2.75, 3.05) is 0 Å². The van der Waals surface area contributed by atoms with Crippen molar-refractivity contribution in [2.45, 2.75) is 4.90 Å². The number of pyridine rings is 1. The van der Waals surface area contributed by atoms with Gasteiger partial charge in [-0.1, -0.05) is 41.4 Å². The lowest BCUT2D eigenvalue weighted by Crippen LogP contribution is -1.96. The normalized spacial score (nSPS) is 11.9. The third-order valence-corrected chi connectivity index (χ3v) is 4.58. The molecular weight excluding hydrogens is 305 g/mol. The molecule has 1 aromatic carbocycles. The molecule has 0 fully saturated rings. The number of sulfone groups is 1. The second kappa shape index (κ2) is 5.74. The molecule has 0 amide bonds. The highest BCUT2D eigenvalue weighted by atomic mass is 35.5. The van der Waals surface area contributed by atoms with Gasteiger partial charge < -0.3 is 0 Å². The quantitative estimate of drug-likeness (QED) is 0.809. The number of nitrogens with zero attached hydrogens (tertiary/aromatic N) is 1. The van der Waals surface area contributed by atoms with Crippen LogP contribution in [0.5, 0.6) is 0 Å². The maximum absolute atomic E-state index is 12.1. The zero-order valence-electron chi connectivity index (χ0n) is 9.62. The van der Waals surface area contributed by atoms with Crippen LogP contribution in [-0.4, -0.2) is 13.4 Å². The van der Waals surface area contributed by atoms with Crippen LogP contribution in [0.2, 0.25) is 10.2 Å². The standard InChI is InChI=1S/C13H9Cl2NO2S/c14-11-5-1-2-6-12(11)19(17,18)9-7-10-4-3-8-16-13(10)15/h1-9H/b9-7-. The van der Waals surface area contributed by atoms with Crippen molar-refractivity contribution in [3.05, 3.63) is 63.7 Å². The van der Waals surface area contributed by atoms with Gasteiger partial charge in [0.2, 0.25) is 9.84 Å². The van der Waals surface area contributed by atoms with Crippen LogP contribution in [0.4, 0.5) is 0 Å². The second-order valence-electron chi connectivity index (χ2n) is 3.66. The van der Waals surface area contributed by atoms with Gasteiger partial charge in [-0.3, -0.25) is 0 Å². The molecule has 0 aliphatic carbocycles. The van der Waals surface area contributed by atoms with Gasteiger partial charge in [0.05, 0.1) is 9.92 Å². The Morgan fingerprint density at radius 3 is 2.47 bits per heavy atom. The first-order valence-corrected chi connectivity index (χ1v) is 7.59. The molecule has 1 aromatic heterocycles. The molecule has 1 heterocycles. The molecule has 6 heteroatoms. The highest BCUT2D eigenvalue weighted by Crippen LogP contribution is 2.23. The molecule has 2 aromatic rings. The van der Waals surface area contributed by atoms with Crippen LogP contribution in [0.1, 0.15) is 5.56 Å². The van der Waals surface area contributed by atoms with Gasteiger partial charge in [0, 0.05) is 17.2 Å². The Kier molecular flexibility index (Phi) is 4.24. The van der Waals surface area contributed by atoms with E-state index in [1.54, 1.807) is 24.3 Å². The highest BCUT2D eigenvalue weighted by Gasteiger charge is 2.14. The molecule has 0 bridgehead atoms. The fraction of sp³-hybridized carbons (Fsp3) is 0. The third-order valence-electron chi connectivity index (χ3n) is 2.36. The molecule has 0 unspecified atom stereocenters. The van der Waals surface area contributed by atoms with E-state index in [-0.39, 0.29) is 15.1 Å². The maximum Gasteiger partial charge on any atom is 0.201 e. The lowest BCUT2D eigenvalue weighted by molar-refractivity contribution is 0.605. The molecule has 0 saturated heterocycles. The summed E-state index contributed by atoms with van der Waals surface area (Å²) < 4.78 is 24.2. The van der Waals surface area contributed by atoms with Gasteiger partial charge in [-0.25, -0.2) is 13.4 Å². The monoisotopic (exact) mass is 313 g/mol. The summed E-state index contributed by atoms with van der Waals surface area (Å²) in [5.41, 5.74) is 0.528. The van der Waals surface area contributed by atoms with Crippen molar-refractivity contribution in [1.29, 1.82) is 0 Å². The molecular formula is C13H9Cl2NO2S. The van der Waals surface area contributed by atoms with E-state index in [0.29, 0.717) is 5.56 Å². The van der Waals surface area contributed by atoms with E-state index in [4.69, 9.17) is 23.2 Å². The topological polar surface area (TPSA) is 47.0 Å². The van der Waals surface area contributed by atoms with E-state index in [1.807, 2.05) is 0 Å². The number of halogens is 2. The molecule has 2 rings (SSSR count). The molecule has 0 aliphatic heterocycles.